The predicted molar refractivity (Wildman–Crippen MR) is 75.1 cm³/mol. The van der Waals surface area contributed by atoms with Gasteiger partial charge in [0.1, 0.15) is 11.5 Å². The molecule has 0 saturated carbocycles. The summed E-state index contributed by atoms with van der Waals surface area (Å²) in [5.74, 6) is -0.235. The first-order chi connectivity index (χ1) is 9.08. The number of benzene rings is 1. The van der Waals surface area contributed by atoms with Crippen LogP contribution in [0.1, 0.15) is 29.4 Å². The highest BCUT2D eigenvalue weighted by Crippen LogP contribution is 2.21. The Morgan fingerprint density at radius 1 is 1.32 bits per heavy atom. The maximum absolute atomic E-state index is 14.2. The van der Waals surface area contributed by atoms with Gasteiger partial charge in [-0.25, -0.2) is 9.07 Å². The van der Waals surface area contributed by atoms with Gasteiger partial charge in [-0.3, -0.25) is 0 Å². The Morgan fingerprint density at radius 3 is 2.58 bits per heavy atom. The van der Waals surface area contributed by atoms with E-state index in [1.165, 1.54) is 5.56 Å². The van der Waals surface area contributed by atoms with Gasteiger partial charge in [0.25, 0.3) is 0 Å². The van der Waals surface area contributed by atoms with Gasteiger partial charge in [0.2, 0.25) is 0 Å². The summed E-state index contributed by atoms with van der Waals surface area (Å²) in [7, 11) is 1.85. The second kappa shape index (κ2) is 5.53. The van der Waals surface area contributed by atoms with Crippen LogP contribution in [-0.2, 0) is 13.0 Å². The molecule has 1 heterocycles. The molecule has 0 aliphatic carbocycles. The van der Waals surface area contributed by atoms with Gasteiger partial charge in [0, 0.05) is 12.2 Å². The molecule has 0 bridgehead atoms. The number of hydrogen-bond donors (Lipinski definition) is 1. The molecule has 2 rings (SSSR count). The average molecular weight is 261 g/mol. The maximum Gasteiger partial charge on any atom is 0.149 e. The molecule has 0 atom stereocenters. The molecular weight excluding hydrogens is 241 g/mol. The van der Waals surface area contributed by atoms with Gasteiger partial charge < -0.3 is 5.32 Å². The van der Waals surface area contributed by atoms with E-state index < -0.39 is 0 Å². The fourth-order valence-electron chi connectivity index (χ4n) is 2.46. The first-order valence-electron chi connectivity index (χ1n) is 6.57. The van der Waals surface area contributed by atoms with Crippen molar-refractivity contribution in [2.24, 2.45) is 0 Å². The molecule has 0 amide bonds. The summed E-state index contributed by atoms with van der Waals surface area (Å²) in [6.07, 6.45) is 0.914. The minimum Gasteiger partial charge on any atom is -0.316 e. The first kappa shape index (κ1) is 13.7. The van der Waals surface area contributed by atoms with Crippen molar-refractivity contribution in [1.82, 2.24) is 15.1 Å². The van der Waals surface area contributed by atoms with E-state index in [9.17, 15) is 4.39 Å². The Kier molecular flexibility index (Phi) is 4.00. The summed E-state index contributed by atoms with van der Waals surface area (Å²) in [5.41, 5.74) is 4.62. The highest BCUT2D eigenvalue weighted by molar-refractivity contribution is 5.40. The van der Waals surface area contributed by atoms with E-state index in [1.807, 2.05) is 27.0 Å². The van der Waals surface area contributed by atoms with E-state index in [-0.39, 0.29) is 5.82 Å². The van der Waals surface area contributed by atoms with Crippen LogP contribution in [-0.4, -0.2) is 16.8 Å². The summed E-state index contributed by atoms with van der Waals surface area (Å²) in [6.45, 7) is 6.71. The Bertz CT molecular complexity index is 587. The average Bonchev–Trinajstić information content (AvgIpc) is 2.65. The van der Waals surface area contributed by atoms with Gasteiger partial charge in [0.15, 0.2) is 0 Å². The van der Waals surface area contributed by atoms with Crippen LogP contribution in [0.3, 0.4) is 0 Å². The Labute approximate surface area is 113 Å². The highest BCUT2D eigenvalue weighted by atomic mass is 19.1. The zero-order valence-corrected chi connectivity index (χ0v) is 11.9. The van der Waals surface area contributed by atoms with Crippen LogP contribution < -0.4 is 5.32 Å². The minimum atomic E-state index is -0.235. The molecule has 0 unspecified atom stereocenters. The summed E-state index contributed by atoms with van der Waals surface area (Å²) in [4.78, 5) is 0. The highest BCUT2D eigenvalue weighted by Gasteiger charge is 2.14. The third-order valence-electron chi connectivity index (χ3n) is 3.42. The molecule has 0 saturated heterocycles. The van der Waals surface area contributed by atoms with Crippen LogP contribution in [0.4, 0.5) is 4.39 Å². The van der Waals surface area contributed by atoms with Crippen molar-refractivity contribution < 1.29 is 4.39 Å². The monoisotopic (exact) mass is 261 g/mol. The molecule has 102 valence electrons. The molecular formula is C15H20FN3. The van der Waals surface area contributed by atoms with E-state index in [0.717, 1.165) is 23.4 Å². The minimum absolute atomic E-state index is 0.235. The molecule has 3 nitrogen and oxygen atoms in total. The number of nitrogens with zero attached hydrogens (tertiary/aromatic N) is 2. The van der Waals surface area contributed by atoms with Crippen LogP contribution in [0.25, 0.3) is 5.69 Å². The van der Waals surface area contributed by atoms with E-state index in [4.69, 9.17) is 0 Å². The third-order valence-corrected chi connectivity index (χ3v) is 3.42. The van der Waals surface area contributed by atoms with Crippen LogP contribution in [0, 0.1) is 19.7 Å². The molecule has 0 spiro atoms. The summed E-state index contributed by atoms with van der Waals surface area (Å²) in [5, 5.41) is 7.46. The predicted octanol–water partition coefficient (Wildman–Crippen LogP) is 2.91. The normalized spacial score (nSPS) is 11.0. The Hall–Kier alpha value is -1.68. The fourth-order valence-corrected chi connectivity index (χ4v) is 2.46. The van der Waals surface area contributed by atoms with Gasteiger partial charge in [-0.1, -0.05) is 13.0 Å². The second-order valence-electron chi connectivity index (χ2n) is 4.73. The molecule has 0 aliphatic rings. The smallest absolute Gasteiger partial charge is 0.149 e. The number of nitrogens with one attached hydrogen (secondary N) is 1. The second-order valence-corrected chi connectivity index (χ2v) is 4.73. The van der Waals surface area contributed by atoms with Crippen LogP contribution in [0.15, 0.2) is 18.2 Å². The van der Waals surface area contributed by atoms with Gasteiger partial charge in [-0.2, -0.15) is 5.10 Å². The summed E-state index contributed by atoms with van der Waals surface area (Å²) >= 11 is 0. The molecule has 0 aliphatic heterocycles. The third kappa shape index (κ3) is 2.54. The van der Waals surface area contributed by atoms with E-state index in [2.05, 4.69) is 17.3 Å². The standard InChI is InChI=1S/C15H20FN3/c1-5-13-10(2)18-19(11(13)3)15-7-6-12(9-17-4)8-14(15)16/h6-8,17H,5,9H2,1-4H3. The van der Waals surface area contributed by atoms with Gasteiger partial charge in [-0.15, -0.1) is 0 Å². The first-order valence-corrected chi connectivity index (χ1v) is 6.57. The number of hydrogen-bond acceptors (Lipinski definition) is 2. The zero-order chi connectivity index (χ0) is 14.0. The van der Waals surface area contributed by atoms with E-state index in [0.29, 0.717) is 12.2 Å². The van der Waals surface area contributed by atoms with Crippen molar-refractivity contribution in [3.05, 3.63) is 46.5 Å². The quantitative estimate of drug-likeness (QED) is 0.917. The van der Waals surface area contributed by atoms with Crippen LogP contribution in [0.2, 0.25) is 0 Å². The molecule has 0 radical (unpaired) electrons. The zero-order valence-electron chi connectivity index (χ0n) is 11.9. The van der Waals surface area contributed by atoms with Crippen molar-refractivity contribution in [3.8, 4) is 5.69 Å². The lowest BCUT2D eigenvalue weighted by Crippen LogP contribution is -2.07. The van der Waals surface area contributed by atoms with E-state index in [1.54, 1.807) is 16.8 Å². The molecule has 4 heteroatoms. The largest absolute Gasteiger partial charge is 0.316 e. The topological polar surface area (TPSA) is 29.9 Å². The van der Waals surface area contributed by atoms with Crippen molar-refractivity contribution in [1.29, 1.82) is 0 Å². The lowest BCUT2D eigenvalue weighted by Gasteiger charge is -2.08. The van der Waals surface area contributed by atoms with Crippen molar-refractivity contribution in [2.75, 3.05) is 7.05 Å². The molecule has 1 aromatic carbocycles. The molecule has 0 fully saturated rings. The van der Waals surface area contributed by atoms with Crippen molar-refractivity contribution >= 4 is 0 Å². The SMILES string of the molecule is CCc1c(C)nn(-c2ccc(CNC)cc2F)c1C. The number of rotatable bonds is 4. The molecule has 19 heavy (non-hydrogen) atoms. The Balaban J connectivity index is 2.47. The Morgan fingerprint density at radius 2 is 2.05 bits per heavy atom. The lowest BCUT2D eigenvalue weighted by molar-refractivity contribution is 0.604. The van der Waals surface area contributed by atoms with Crippen molar-refractivity contribution in [2.45, 2.75) is 33.7 Å². The van der Waals surface area contributed by atoms with E-state index >= 15 is 0 Å². The summed E-state index contributed by atoms with van der Waals surface area (Å²) in [6, 6.07) is 5.28. The molecule has 1 N–H and O–H groups in total. The van der Waals surface area contributed by atoms with Gasteiger partial charge in [-0.05, 0) is 50.6 Å². The van der Waals surface area contributed by atoms with Crippen LogP contribution in [0.5, 0.6) is 0 Å². The van der Waals surface area contributed by atoms with Crippen LogP contribution >= 0.6 is 0 Å². The number of aromatic nitrogens is 2. The lowest BCUT2D eigenvalue weighted by atomic mass is 10.1. The fraction of sp³-hybridized carbons (Fsp3) is 0.400. The number of halogens is 1. The molecule has 1 aromatic heterocycles. The van der Waals surface area contributed by atoms with Crippen molar-refractivity contribution in [3.63, 3.8) is 0 Å². The maximum atomic E-state index is 14.2. The van der Waals surface area contributed by atoms with Gasteiger partial charge >= 0.3 is 0 Å². The molecule has 2 aromatic rings. The summed E-state index contributed by atoms with van der Waals surface area (Å²) < 4.78 is 15.9. The number of aryl methyl sites for hydroxylation is 1. The van der Waals surface area contributed by atoms with Gasteiger partial charge in [0.05, 0.1) is 5.69 Å².